The van der Waals surface area contributed by atoms with E-state index >= 15 is 0 Å². The van der Waals surface area contributed by atoms with Gasteiger partial charge < -0.3 is 16.4 Å². The van der Waals surface area contributed by atoms with Gasteiger partial charge in [0.15, 0.2) is 5.78 Å². The van der Waals surface area contributed by atoms with Gasteiger partial charge in [-0.25, -0.2) is 4.79 Å². The number of carbonyl (C=O) groups excluding carboxylic acids is 3. The molecule has 0 aromatic heterocycles. The van der Waals surface area contributed by atoms with Crippen LogP contribution in [0, 0.1) is 0 Å². The molecule has 0 fully saturated rings. The third kappa shape index (κ3) is 5.51. The third-order valence-electron chi connectivity index (χ3n) is 3.18. The summed E-state index contributed by atoms with van der Waals surface area (Å²) in [6, 6.07) is 12.9. The fraction of sp³-hybridized carbons (Fsp3) is 0.118. The van der Waals surface area contributed by atoms with Crippen LogP contribution in [0.2, 0.25) is 0 Å². The van der Waals surface area contributed by atoms with Crippen molar-refractivity contribution in [1.29, 1.82) is 0 Å². The zero-order valence-corrected chi connectivity index (χ0v) is 14.3. The van der Waals surface area contributed by atoms with Crippen LogP contribution in [0.1, 0.15) is 23.2 Å². The Morgan fingerprint density at radius 3 is 1.92 bits per heavy atom. The zero-order valence-electron chi connectivity index (χ0n) is 12.7. The van der Waals surface area contributed by atoms with Crippen LogP contribution in [-0.4, -0.2) is 17.7 Å². The van der Waals surface area contributed by atoms with E-state index in [-0.39, 0.29) is 24.5 Å². The number of benzene rings is 2. The van der Waals surface area contributed by atoms with Crippen LogP contribution in [0.3, 0.4) is 0 Å². The minimum atomic E-state index is -0.654. The third-order valence-corrected chi connectivity index (χ3v) is 3.71. The molecule has 2 rings (SSSR count). The molecule has 3 amide bonds. The van der Waals surface area contributed by atoms with Gasteiger partial charge in [-0.15, -0.1) is 0 Å². The number of nitrogens with two attached hydrogens (primary N) is 1. The fourth-order valence-corrected chi connectivity index (χ4v) is 2.27. The minimum Gasteiger partial charge on any atom is -0.351 e. The summed E-state index contributed by atoms with van der Waals surface area (Å²) in [6.07, 6.45) is 0.227. The first-order chi connectivity index (χ1) is 11.4. The number of carbonyl (C=O) groups is 3. The summed E-state index contributed by atoms with van der Waals surface area (Å²) >= 11 is 3.31. The molecule has 2 aromatic rings. The molecule has 0 atom stereocenters. The molecule has 2 aromatic carbocycles. The Balaban J connectivity index is 1.83. The quantitative estimate of drug-likeness (QED) is 0.658. The highest BCUT2D eigenvalue weighted by atomic mass is 79.9. The van der Waals surface area contributed by atoms with Crippen LogP contribution in [-0.2, 0) is 4.79 Å². The number of ketones is 1. The lowest BCUT2D eigenvalue weighted by atomic mass is 10.1. The van der Waals surface area contributed by atoms with E-state index in [9.17, 15) is 14.4 Å². The predicted molar refractivity (Wildman–Crippen MR) is 96.0 cm³/mol. The molecule has 6 nitrogen and oxygen atoms in total. The number of nitrogens with one attached hydrogen (secondary N) is 2. The number of hydrogen-bond donors (Lipinski definition) is 3. The molecule has 0 aliphatic carbocycles. The minimum absolute atomic E-state index is 0.0846. The van der Waals surface area contributed by atoms with E-state index in [0.29, 0.717) is 16.9 Å². The number of amides is 3. The average Bonchev–Trinajstić information content (AvgIpc) is 2.54. The van der Waals surface area contributed by atoms with Crippen LogP contribution < -0.4 is 16.4 Å². The standard InChI is InChI=1S/C17H16BrN3O3/c18-12-3-1-11(2-4-12)15(22)9-10-16(23)20-13-5-7-14(8-6-13)21-17(19)24/h1-8H,9-10H2,(H,20,23)(H3,19,21,24). The van der Waals surface area contributed by atoms with Gasteiger partial charge in [-0.1, -0.05) is 28.1 Å². The maximum absolute atomic E-state index is 12.0. The van der Waals surface area contributed by atoms with Crippen molar-refractivity contribution in [1.82, 2.24) is 0 Å². The Kier molecular flexibility index (Phi) is 6.08. The summed E-state index contributed by atoms with van der Waals surface area (Å²) in [5, 5.41) is 5.12. The Morgan fingerprint density at radius 1 is 0.833 bits per heavy atom. The van der Waals surface area contributed by atoms with Gasteiger partial charge in [0.25, 0.3) is 0 Å². The number of halogens is 1. The molecule has 0 heterocycles. The summed E-state index contributed by atoms with van der Waals surface area (Å²) in [4.78, 5) is 34.6. The fourth-order valence-electron chi connectivity index (χ4n) is 2.01. The lowest BCUT2D eigenvalue weighted by Crippen LogP contribution is -2.19. The van der Waals surface area contributed by atoms with Gasteiger partial charge in [0.05, 0.1) is 0 Å². The molecule has 0 radical (unpaired) electrons. The van der Waals surface area contributed by atoms with Gasteiger partial charge in [0.1, 0.15) is 0 Å². The lowest BCUT2D eigenvalue weighted by molar-refractivity contribution is -0.116. The molecule has 0 spiro atoms. The van der Waals surface area contributed by atoms with Crippen LogP contribution >= 0.6 is 15.9 Å². The van der Waals surface area contributed by atoms with Gasteiger partial charge >= 0.3 is 6.03 Å². The zero-order chi connectivity index (χ0) is 17.5. The highest BCUT2D eigenvalue weighted by Crippen LogP contribution is 2.15. The Morgan fingerprint density at radius 2 is 1.38 bits per heavy atom. The van der Waals surface area contributed by atoms with Gasteiger partial charge in [-0.05, 0) is 36.4 Å². The maximum Gasteiger partial charge on any atom is 0.316 e. The summed E-state index contributed by atoms with van der Waals surface area (Å²) in [5.74, 6) is -0.338. The number of urea groups is 1. The predicted octanol–water partition coefficient (Wildman–Crippen LogP) is 3.54. The Labute approximate surface area is 147 Å². The molecular formula is C17H16BrN3O3. The highest BCUT2D eigenvalue weighted by Gasteiger charge is 2.09. The number of Topliss-reactive ketones (excluding diaryl/α,β-unsaturated/α-hetero) is 1. The van der Waals surface area contributed by atoms with Gasteiger partial charge in [0.2, 0.25) is 5.91 Å². The highest BCUT2D eigenvalue weighted by molar-refractivity contribution is 9.10. The number of rotatable bonds is 6. The van der Waals surface area contributed by atoms with Crippen LogP contribution in [0.15, 0.2) is 53.0 Å². The largest absolute Gasteiger partial charge is 0.351 e. The van der Waals surface area contributed by atoms with Crippen LogP contribution in [0.5, 0.6) is 0 Å². The summed E-state index contributed by atoms with van der Waals surface area (Å²) in [6.45, 7) is 0. The molecule has 0 saturated heterocycles. The number of primary amides is 1. The van der Waals surface area contributed by atoms with Crippen molar-refractivity contribution >= 4 is 45.0 Å². The lowest BCUT2D eigenvalue weighted by Gasteiger charge is -2.07. The van der Waals surface area contributed by atoms with E-state index in [0.717, 1.165) is 4.47 Å². The summed E-state index contributed by atoms with van der Waals surface area (Å²) in [7, 11) is 0. The van der Waals surface area contributed by atoms with Crippen molar-refractivity contribution in [2.45, 2.75) is 12.8 Å². The topological polar surface area (TPSA) is 101 Å². The van der Waals surface area contributed by atoms with Crippen molar-refractivity contribution in [3.05, 3.63) is 58.6 Å². The first-order valence-corrected chi connectivity index (χ1v) is 7.98. The van der Waals surface area contributed by atoms with E-state index in [1.165, 1.54) is 0 Å². The molecule has 124 valence electrons. The SMILES string of the molecule is NC(=O)Nc1ccc(NC(=O)CCC(=O)c2ccc(Br)cc2)cc1. The molecule has 0 saturated carbocycles. The average molecular weight is 390 g/mol. The van der Waals surface area contributed by atoms with Gasteiger partial charge in [0, 0.05) is 34.3 Å². The second-order valence-electron chi connectivity index (χ2n) is 5.04. The Hall–Kier alpha value is -2.67. The molecule has 24 heavy (non-hydrogen) atoms. The van der Waals surface area contributed by atoms with Crippen LogP contribution in [0.4, 0.5) is 16.2 Å². The first kappa shape index (κ1) is 17.7. The number of anilines is 2. The van der Waals surface area contributed by atoms with E-state index in [1.54, 1.807) is 48.5 Å². The smallest absolute Gasteiger partial charge is 0.316 e. The first-order valence-electron chi connectivity index (χ1n) is 7.19. The van der Waals surface area contributed by atoms with E-state index in [4.69, 9.17) is 5.73 Å². The van der Waals surface area contributed by atoms with Gasteiger partial charge in [-0.3, -0.25) is 9.59 Å². The van der Waals surface area contributed by atoms with E-state index in [2.05, 4.69) is 26.6 Å². The summed E-state index contributed by atoms with van der Waals surface area (Å²) in [5.41, 5.74) is 6.70. The molecule has 0 aliphatic rings. The van der Waals surface area contributed by atoms with Crippen molar-refractivity contribution in [2.75, 3.05) is 10.6 Å². The second-order valence-corrected chi connectivity index (χ2v) is 5.96. The maximum atomic E-state index is 12.0. The van der Waals surface area contributed by atoms with Crippen molar-refractivity contribution < 1.29 is 14.4 Å². The molecular weight excluding hydrogens is 374 g/mol. The normalized spacial score (nSPS) is 10.0. The van der Waals surface area contributed by atoms with Gasteiger partial charge in [-0.2, -0.15) is 0 Å². The molecule has 0 aliphatic heterocycles. The molecule has 7 heteroatoms. The van der Waals surface area contributed by atoms with E-state index in [1.807, 2.05) is 0 Å². The van der Waals surface area contributed by atoms with Crippen LogP contribution in [0.25, 0.3) is 0 Å². The Bertz CT molecular complexity index is 743. The van der Waals surface area contributed by atoms with E-state index < -0.39 is 6.03 Å². The molecule has 0 unspecified atom stereocenters. The second kappa shape index (κ2) is 8.26. The van der Waals surface area contributed by atoms with Crippen molar-refractivity contribution in [3.8, 4) is 0 Å². The summed E-state index contributed by atoms with van der Waals surface area (Å²) < 4.78 is 0.895. The van der Waals surface area contributed by atoms with Crippen molar-refractivity contribution in [3.63, 3.8) is 0 Å². The monoisotopic (exact) mass is 389 g/mol. The van der Waals surface area contributed by atoms with Crippen molar-refractivity contribution in [2.24, 2.45) is 5.73 Å². The molecule has 0 bridgehead atoms. The number of hydrogen-bond acceptors (Lipinski definition) is 3. The molecule has 4 N–H and O–H groups in total.